The summed E-state index contributed by atoms with van der Waals surface area (Å²) >= 11 is 0. The first-order chi connectivity index (χ1) is 11.0. The lowest BCUT2D eigenvalue weighted by Crippen LogP contribution is -2.15. The van der Waals surface area contributed by atoms with Gasteiger partial charge < -0.3 is 9.47 Å². The summed E-state index contributed by atoms with van der Waals surface area (Å²) in [7, 11) is 0. The number of hydrogen-bond acceptors (Lipinski definition) is 4. The fourth-order valence-corrected chi connectivity index (χ4v) is 2.13. The number of carbonyl (C=O) groups is 2. The van der Waals surface area contributed by atoms with Crippen LogP contribution in [-0.4, -0.2) is 24.7 Å². The number of benzene rings is 1. The van der Waals surface area contributed by atoms with Crippen LogP contribution >= 0.6 is 0 Å². The zero-order valence-electron chi connectivity index (χ0n) is 13.8. The predicted molar refractivity (Wildman–Crippen MR) is 86.3 cm³/mol. The standard InChI is InChI=1S/C18H25FO4/c1-3-4-5-6-7-8-16(19)13-22-18(21)15-9-11-17(12-10-15)23-14(2)20/h9-12,16H,3-8,13H2,1-2H3. The number of unbranched alkanes of at least 4 members (excludes halogenated alkanes) is 4. The molecule has 0 saturated heterocycles. The number of carbonyl (C=O) groups excluding carboxylic acids is 2. The van der Waals surface area contributed by atoms with Gasteiger partial charge in [0.05, 0.1) is 5.56 Å². The molecule has 0 aliphatic heterocycles. The van der Waals surface area contributed by atoms with Gasteiger partial charge in [-0.1, -0.05) is 39.0 Å². The summed E-state index contributed by atoms with van der Waals surface area (Å²) < 4.78 is 23.5. The van der Waals surface area contributed by atoms with Gasteiger partial charge in [-0.2, -0.15) is 0 Å². The van der Waals surface area contributed by atoms with E-state index in [0.29, 0.717) is 17.7 Å². The van der Waals surface area contributed by atoms with Gasteiger partial charge in [-0.25, -0.2) is 9.18 Å². The summed E-state index contributed by atoms with van der Waals surface area (Å²) in [6.07, 6.45) is 4.58. The summed E-state index contributed by atoms with van der Waals surface area (Å²) in [6, 6.07) is 5.97. The van der Waals surface area contributed by atoms with Crippen LogP contribution in [0.25, 0.3) is 0 Å². The minimum absolute atomic E-state index is 0.224. The van der Waals surface area contributed by atoms with E-state index in [0.717, 1.165) is 25.7 Å². The Morgan fingerprint density at radius 3 is 2.35 bits per heavy atom. The fraction of sp³-hybridized carbons (Fsp3) is 0.556. The maximum absolute atomic E-state index is 13.7. The first kappa shape index (κ1) is 19.1. The van der Waals surface area contributed by atoms with Crippen molar-refractivity contribution in [1.82, 2.24) is 0 Å². The van der Waals surface area contributed by atoms with Crippen LogP contribution in [0.1, 0.15) is 62.7 Å². The highest BCUT2D eigenvalue weighted by Gasteiger charge is 2.12. The number of halogens is 1. The minimum atomic E-state index is -1.12. The number of hydrogen-bond donors (Lipinski definition) is 0. The molecule has 0 spiro atoms. The van der Waals surface area contributed by atoms with E-state index in [-0.39, 0.29) is 6.61 Å². The lowest BCUT2D eigenvalue weighted by molar-refractivity contribution is -0.131. The molecular weight excluding hydrogens is 299 g/mol. The van der Waals surface area contributed by atoms with Gasteiger partial charge in [0.1, 0.15) is 18.5 Å². The van der Waals surface area contributed by atoms with E-state index in [1.165, 1.54) is 37.6 Å². The van der Waals surface area contributed by atoms with Crippen LogP contribution in [0, 0.1) is 0 Å². The molecule has 0 aliphatic rings. The Hall–Kier alpha value is -1.91. The Kier molecular flexibility index (Phi) is 8.95. The highest BCUT2D eigenvalue weighted by atomic mass is 19.1. The number of rotatable bonds is 10. The van der Waals surface area contributed by atoms with Crippen LogP contribution in [0.3, 0.4) is 0 Å². The van der Waals surface area contributed by atoms with E-state index in [9.17, 15) is 14.0 Å². The van der Waals surface area contributed by atoms with Crippen molar-refractivity contribution in [1.29, 1.82) is 0 Å². The molecule has 0 heterocycles. The molecule has 0 bridgehead atoms. The normalized spacial score (nSPS) is 11.8. The van der Waals surface area contributed by atoms with Crippen LogP contribution in [0.4, 0.5) is 4.39 Å². The second kappa shape index (κ2) is 10.8. The Balaban J connectivity index is 2.28. The highest BCUT2D eigenvalue weighted by molar-refractivity contribution is 5.89. The Bertz CT molecular complexity index is 484. The fourth-order valence-electron chi connectivity index (χ4n) is 2.13. The predicted octanol–water partition coefficient (Wildman–Crippen LogP) is 4.47. The number of ether oxygens (including phenoxy) is 2. The maximum atomic E-state index is 13.7. The highest BCUT2D eigenvalue weighted by Crippen LogP contribution is 2.14. The first-order valence-electron chi connectivity index (χ1n) is 8.12. The Morgan fingerprint density at radius 1 is 1.09 bits per heavy atom. The second-order valence-corrected chi connectivity index (χ2v) is 5.52. The lowest BCUT2D eigenvalue weighted by Gasteiger charge is -2.09. The van der Waals surface area contributed by atoms with Gasteiger partial charge in [0, 0.05) is 6.92 Å². The van der Waals surface area contributed by atoms with E-state index in [1.54, 1.807) is 0 Å². The zero-order valence-corrected chi connectivity index (χ0v) is 13.8. The molecule has 1 rings (SSSR count). The van der Waals surface area contributed by atoms with Gasteiger partial charge in [0.2, 0.25) is 0 Å². The molecule has 128 valence electrons. The zero-order chi connectivity index (χ0) is 17.1. The molecule has 1 aromatic carbocycles. The molecule has 0 radical (unpaired) electrons. The smallest absolute Gasteiger partial charge is 0.338 e. The van der Waals surface area contributed by atoms with Gasteiger partial charge in [0.15, 0.2) is 0 Å². The Morgan fingerprint density at radius 2 is 1.74 bits per heavy atom. The molecular formula is C18H25FO4. The molecule has 0 N–H and O–H groups in total. The average Bonchev–Trinajstić information content (AvgIpc) is 2.52. The van der Waals surface area contributed by atoms with Crippen molar-refractivity contribution in [3.05, 3.63) is 29.8 Å². The van der Waals surface area contributed by atoms with Gasteiger partial charge in [0.25, 0.3) is 0 Å². The van der Waals surface area contributed by atoms with E-state index >= 15 is 0 Å². The van der Waals surface area contributed by atoms with Crippen LogP contribution < -0.4 is 4.74 Å². The van der Waals surface area contributed by atoms with E-state index in [2.05, 4.69) is 6.92 Å². The van der Waals surface area contributed by atoms with E-state index < -0.39 is 18.1 Å². The molecule has 1 aromatic rings. The lowest BCUT2D eigenvalue weighted by atomic mass is 10.1. The van der Waals surface area contributed by atoms with E-state index in [4.69, 9.17) is 9.47 Å². The van der Waals surface area contributed by atoms with Crippen molar-refractivity contribution in [2.45, 2.75) is 58.5 Å². The maximum Gasteiger partial charge on any atom is 0.338 e. The molecule has 0 fully saturated rings. The average molecular weight is 324 g/mol. The summed E-state index contributed by atoms with van der Waals surface area (Å²) in [5, 5.41) is 0. The molecule has 0 saturated carbocycles. The third kappa shape index (κ3) is 8.33. The third-order valence-corrected chi connectivity index (χ3v) is 3.37. The first-order valence-corrected chi connectivity index (χ1v) is 8.12. The Labute approximate surface area is 137 Å². The summed E-state index contributed by atoms with van der Waals surface area (Å²) in [6.45, 7) is 3.21. The van der Waals surface area contributed by atoms with Crippen molar-refractivity contribution < 1.29 is 23.5 Å². The van der Waals surface area contributed by atoms with Gasteiger partial charge in [-0.15, -0.1) is 0 Å². The molecule has 0 aromatic heterocycles. The largest absolute Gasteiger partial charge is 0.459 e. The summed E-state index contributed by atoms with van der Waals surface area (Å²) in [5.41, 5.74) is 0.302. The molecule has 1 atom stereocenters. The van der Waals surface area contributed by atoms with Crippen molar-refractivity contribution >= 4 is 11.9 Å². The molecule has 4 nitrogen and oxygen atoms in total. The molecule has 1 unspecified atom stereocenters. The second-order valence-electron chi connectivity index (χ2n) is 5.52. The van der Waals surface area contributed by atoms with Crippen LogP contribution in [0.5, 0.6) is 5.75 Å². The van der Waals surface area contributed by atoms with Crippen molar-refractivity contribution in [3.63, 3.8) is 0 Å². The third-order valence-electron chi connectivity index (χ3n) is 3.37. The summed E-state index contributed by atoms with van der Waals surface area (Å²) in [4.78, 5) is 22.6. The molecule has 23 heavy (non-hydrogen) atoms. The van der Waals surface area contributed by atoms with Crippen LogP contribution in [0.2, 0.25) is 0 Å². The summed E-state index contributed by atoms with van der Waals surface area (Å²) in [5.74, 6) is -0.656. The van der Waals surface area contributed by atoms with Crippen LogP contribution in [-0.2, 0) is 9.53 Å². The van der Waals surface area contributed by atoms with Crippen molar-refractivity contribution in [2.75, 3.05) is 6.61 Å². The number of esters is 2. The van der Waals surface area contributed by atoms with Crippen LogP contribution in [0.15, 0.2) is 24.3 Å². The van der Waals surface area contributed by atoms with Gasteiger partial charge >= 0.3 is 11.9 Å². The molecule has 0 amide bonds. The van der Waals surface area contributed by atoms with Gasteiger partial charge in [-0.05, 0) is 30.7 Å². The quantitative estimate of drug-likeness (QED) is 0.362. The topological polar surface area (TPSA) is 52.6 Å². The molecule has 5 heteroatoms. The van der Waals surface area contributed by atoms with E-state index in [1.807, 2.05) is 0 Å². The van der Waals surface area contributed by atoms with Crippen molar-refractivity contribution in [2.24, 2.45) is 0 Å². The molecule has 0 aliphatic carbocycles. The SMILES string of the molecule is CCCCCCCC(F)COC(=O)c1ccc(OC(C)=O)cc1. The monoisotopic (exact) mass is 324 g/mol. The van der Waals surface area contributed by atoms with Crippen molar-refractivity contribution in [3.8, 4) is 5.75 Å². The minimum Gasteiger partial charge on any atom is -0.459 e. The van der Waals surface area contributed by atoms with Gasteiger partial charge in [-0.3, -0.25) is 4.79 Å². The number of alkyl halides is 1.